The van der Waals surface area contributed by atoms with Crippen LogP contribution in [0.4, 0.5) is 4.39 Å². The van der Waals surface area contributed by atoms with Gasteiger partial charge in [0.25, 0.3) is 0 Å². The molecule has 6 heteroatoms. The number of hydrogen-bond donors (Lipinski definition) is 2. The maximum atomic E-state index is 13.1. The van der Waals surface area contributed by atoms with Gasteiger partial charge in [-0.3, -0.25) is 0 Å². The van der Waals surface area contributed by atoms with Gasteiger partial charge >= 0.3 is 0 Å². The molecular formula is C12H19FN2O2S. The summed E-state index contributed by atoms with van der Waals surface area (Å²) in [6.45, 7) is 5.16. The highest BCUT2D eigenvalue weighted by Gasteiger charge is 2.20. The van der Waals surface area contributed by atoms with Gasteiger partial charge in [0.2, 0.25) is 10.0 Å². The van der Waals surface area contributed by atoms with Gasteiger partial charge in [0, 0.05) is 12.1 Å². The topological polar surface area (TPSA) is 72.2 Å². The van der Waals surface area contributed by atoms with Crippen molar-refractivity contribution in [3.8, 4) is 0 Å². The predicted octanol–water partition coefficient (Wildman–Crippen LogP) is 1.54. The van der Waals surface area contributed by atoms with Crippen LogP contribution in [0.1, 0.15) is 25.8 Å². The minimum atomic E-state index is -3.70. The molecule has 4 nitrogen and oxygen atoms in total. The van der Waals surface area contributed by atoms with Crippen LogP contribution in [0.2, 0.25) is 0 Å². The van der Waals surface area contributed by atoms with Crippen molar-refractivity contribution in [2.45, 2.75) is 44.2 Å². The van der Waals surface area contributed by atoms with Crippen LogP contribution in [0, 0.1) is 12.7 Å². The monoisotopic (exact) mass is 274 g/mol. The second-order valence-electron chi connectivity index (χ2n) is 4.65. The van der Waals surface area contributed by atoms with Crippen molar-refractivity contribution in [3.63, 3.8) is 0 Å². The Bertz CT molecular complexity index is 515. The third-order valence-electron chi connectivity index (χ3n) is 2.52. The molecular weight excluding hydrogens is 255 g/mol. The van der Waals surface area contributed by atoms with Crippen LogP contribution < -0.4 is 10.5 Å². The van der Waals surface area contributed by atoms with E-state index >= 15 is 0 Å². The van der Waals surface area contributed by atoms with Crippen LogP contribution in [0.25, 0.3) is 0 Å². The summed E-state index contributed by atoms with van der Waals surface area (Å²) < 4.78 is 39.8. The van der Waals surface area contributed by atoms with E-state index in [0.29, 0.717) is 12.0 Å². The second kappa shape index (κ2) is 5.77. The number of hydrogen-bond acceptors (Lipinski definition) is 3. The molecule has 3 N–H and O–H groups in total. The molecule has 1 rings (SSSR count). The highest BCUT2D eigenvalue weighted by molar-refractivity contribution is 7.89. The standard InChI is InChI=1S/C12H19FN2O2S/c1-8-4-5-11(13)7-12(8)18(16,17)15-10(3)6-9(2)14/h4-5,7,9-10,15H,6,14H2,1-3H3. The number of nitrogens with one attached hydrogen (secondary N) is 1. The number of halogens is 1. The molecule has 0 amide bonds. The van der Waals surface area contributed by atoms with Crippen LogP contribution in [0.15, 0.2) is 23.1 Å². The molecule has 0 aliphatic carbocycles. The van der Waals surface area contributed by atoms with Crippen molar-refractivity contribution in [1.82, 2.24) is 4.72 Å². The molecule has 102 valence electrons. The lowest BCUT2D eigenvalue weighted by Crippen LogP contribution is -2.36. The zero-order valence-electron chi connectivity index (χ0n) is 10.8. The molecule has 2 atom stereocenters. The van der Waals surface area contributed by atoms with Gasteiger partial charge in [0.15, 0.2) is 0 Å². The van der Waals surface area contributed by atoms with Crippen LogP contribution in [0.5, 0.6) is 0 Å². The maximum absolute atomic E-state index is 13.1. The number of rotatable bonds is 5. The molecule has 0 saturated heterocycles. The van der Waals surface area contributed by atoms with E-state index < -0.39 is 15.8 Å². The molecule has 1 aromatic rings. The molecule has 2 unspecified atom stereocenters. The van der Waals surface area contributed by atoms with Gasteiger partial charge in [-0.2, -0.15) is 0 Å². The highest BCUT2D eigenvalue weighted by atomic mass is 32.2. The van der Waals surface area contributed by atoms with Crippen LogP contribution in [-0.2, 0) is 10.0 Å². The first kappa shape index (κ1) is 15.1. The van der Waals surface area contributed by atoms with Crippen LogP contribution >= 0.6 is 0 Å². The SMILES string of the molecule is Cc1ccc(F)cc1S(=O)(=O)NC(C)CC(C)N. The Morgan fingerprint density at radius 1 is 1.39 bits per heavy atom. The van der Waals surface area contributed by atoms with Gasteiger partial charge in [0.1, 0.15) is 5.82 Å². The molecule has 0 aliphatic rings. The average Bonchev–Trinajstić information content (AvgIpc) is 2.19. The van der Waals surface area contributed by atoms with E-state index in [0.717, 1.165) is 6.07 Å². The lowest BCUT2D eigenvalue weighted by Gasteiger charge is -2.17. The Balaban J connectivity index is 2.96. The summed E-state index contributed by atoms with van der Waals surface area (Å²) in [5, 5.41) is 0. The van der Waals surface area contributed by atoms with Crippen LogP contribution in [-0.4, -0.2) is 20.5 Å². The van der Waals surface area contributed by atoms with E-state index in [4.69, 9.17) is 5.73 Å². The zero-order valence-corrected chi connectivity index (χ0v) is 11.6. The highest BCUT2D eigenvalue weighted by Crippen LogP contribution is 2.17. The fourth-order valence-corrected chi connectivity index (χ4v) is 3.31. The molecule has 0 saturated carbocycles. The van der Waals surface area contributed by atoms with E-state index in [2.05, 4.69) is 4.72 Å². The Morgan fingerprint density at radius 3 is 2.56 bits per heavy atom. The number of sulfonamides is 1. The smallest absolute Gasteiger partial charge is 0.241 e. The third-order valence-corrected chi connectivity index (χ3v) is 4.25. The molecule has 0 spiro atoms. The number of aryl methyl sites for hydroxylation is 1. The van der Waals surface area contributed by atoms with Crippen molar-refractivity contribution in [2.75, 3.05) is 0 Å². The first-order valence-corrected chi connectivity index (χ1v) is 7.24. The fourth-order valence-electron chi connectivity index (χ4n) is 1.80. The van der Waals surface area contributed by atoms with E-state index in [1.165, 1.54) is 12.1 Å². The summed E-state index contributed by atoms with van der Waals surface area (Å²) >= 11 is 0. The molecule has 1 aromatic carbocycles. The van der Waals surface area contributed by atoms with Crippen LogP contribution in [0.3, 0.4) is 0 Å². The van der Waals surface area contributed by atoms with Gasteiger partial charge < -0.3 is 5.73 Å². The fraction of sp³-hybridized carbons (Fsp3) is 0.500. The zero-order chi connectivity index (χ0) is 13.9. The molecule has 18 heavy (non-hydrogen) atoms. The normalized spacial score (nSPS) is 15.4. The van der Waals surface area contributed by atoms with Gasteiger partial charge in [-0.15, -0.1) is 0 Å². The van der Waals surface area contributed by atoms with Crippen molar-refractivity contribution in [2.24, 2.45) is 5.73 Å². The molecule has 0 aliphatic heterocycles. The van der Waals surface area contributed by atoms with E-state index in [9.17, 15) is 12.8 Å². The summed E-state index contributed by atoms with van der Waals surface area (Å²) in [6.07, 6.45) is 0.521. The van der Waals surface area contributed by atoms with E-state index in [1.807, 2.05) is 0 Å². The first-order chi connectivity index (χ1) is 8.22. The van der Waals surface area contributed by atoms with Crippen molar-refractivity contribution in [1.29, 1.82) is 0 Å². The molecule has 0 heterocycles. The van der Waals surface area contributed by atoms with Gasteiger partial charge in [-0.25, -0.2) is 17.5 Å². The predicted molar refractivity (Wildman–Crippen MR) is 69.2 cm³/mol. The minimum absolute atomic E-state index is 0.0287. The Morgan fingerprint density at radius 2 is 2.00 bits per heavy atom. The summed E-state index contributed by atoms with van der Waals surface area (Å²) in [7, 11) is -3.70. The van der Waals surface area contributed by atoms with Crippen molar-refractivity contribution in [3.05, 3.63) is 29.6 Å². The lowest BCUT2D eigenvalue weighted by atomic mass is 10.1. The second-order valence-corrected chi connectivity index (χ2v) is 6.33. The molecule has 0 bridgehead atoms. The Hall–Kier alpha value is -0.980. The van der Waals surface area contributed by atoms with Crippen molar-refractivity contribution >= 4 is 10.0 Å². The summed E-state index contributed by atoms with van der Waals surface area (Å²) in [5.74, 6) is -0.569. The Labute approximate surface area is 107 Å². The first-order valence-electron chi connectivity index (χ1n) is 5.76. The Kier molecular flexibility index (Phi) is 4.84. The van der Waals surface area contributed by atoms with E-state index in [-0.39, 0.29) is 17.0 Å². The summed E-state index contributed by atoms with van der Waals surface area (Å²) in [6, 6.07) is 3.31. The maximum Gasteiger partial charge on any atom is 0.241 e. The van der Waals surface area contributed by atoms with Gasteiger partial charge in [0.05, 0.1) is 4.90 Å². The van der Waals surface area contributed by atoms with Gasteiger partial charge in [-0.05, 0) is 44.9 Å². The molecule has 0 radical (unpaired) electrons. The lowest BCUT2D eigenvalue weighted by molar-refractivity contribution is 0.518. The quantitative estimate of drug-likeness (QED) is 0.855. The molecule has 0 fully saturated rings. The largest absolute Gasteiger partial charge is 0.328 e. The molecule has 0 aromatic heterocycles. The van der Waals surface area contributed by atoms with E-state index in [1.54, 1.807) is 20.8 Å². The number of benzene rings is 1. The van der Waals surface area contributed by atoms with Crippen molar-refractivity contribution < 1.29 is 12.8 Å². The third kappa shape index (κ3) is 4.04. The minimum Gasteiger partial charge on any atom is -0.328 e. The average molecular weight is 274 g/mol. The number of nitrogens with two attached hydrogens (primary N) is 1. The summed E-state index contributed by atoms with van der Waals surface area (Å²) in [5.41, 5.74) is 6.12. The summed E-state index contributed by atoms with van der Waals surface area (Å²) in [4.78, 5) is -0.0287. The van der Waals surface area contributed by atoms with Gasteiger partial charge in [-0.1, -0.05) is 6.07 Å².